The lowest BCUT2D eigenvalue weighted by atomic mass is 10.1. The molecule has 0 saturated carbocycles. The van der Waals surface area contributed by atoms with E-state index in [1.54, 1.807) is 36.3 Å². The van der Waals surface area contributed by atoms with Gasteiger partial charge in [-0.05, 0) is 79.9 Å². The van der Waals surface area contributed by atoms with Crippen molar-refractivity contribution in [2.24, 2.45) is 0 Å². The van der Waals surface area contributed by atoms with Gasteiger partial charge in [-0.1, -0.05) is 12.1 Å². The third kappa shape index (κ3) is 6.01. The highest BCUT2D eigenvalue weighted by Gasteiger charge is 2.31. The Labute approximate surface area is 215 Å². The Morgan fingerprint density at radius 2 is 1.65 bits per heavy atom. The number of hydrogen-bond acceptors (Lipinski definition) is 4. The number of benzene rings is 3. The van der Waals surface area contributed by atoms with Gasteiger partial charge in [-0.25, -0.2) is 0 Å². The van der Waals surface area contributed by atoms with Crippen molar-refractivity contribution in [1.82, 2.24) is 4.90 Å². The molecule has 196 valence electrons. The highest BCUT2D eigenvalue weighted by Crippen LogP contribution is 2.32. The van der Waals surface area contributed by atoms with Crippen molar-refractivity contribution < 1.29 is 27.4 Å². The molecule has 8 heteroatoms. The maximum absolute atomic E-state index is 13.3. The summed E-state index contributed by atoms with van der Waals surface area (Å²) in [6.07, 6.45) is -4.39. The zero-order valence-corrected chi connectivity index (χ0v) is 21.5. The van der Waals surface area contributed by atoms with E-state index in [1.165, 1.54) is 6.07 Å². The second-order valence-corrected chi connectivity index (χ2v) is 9.35. The molecule has 3 aromatic carbocycles. The molecule has 0 aromatic heterocycles. The first-order valence-electron chi connectivity index (χ1n) is 12.2. The van der Waals surface area contributed by atoms with Crippen LogP contribution in [-0.2, 0) is 12.8 Å². The predicted molar refractivity (Wildman–Crippen MR) is 138 cm³/mol. The molecule has 1 aliphatic rings. The molecule has 5 nitrogen and oxygen atoms in total. The molecule has 1 saturated heterocycles. The van der Waals surface area contributed by atoms with Gasteiger partial charge < -0.3 is 19.3 Å². The first kappa shape index (κ1) is 26.4. The summed E-state index contributed by atoms with van der Waals surface area (Å²) < 4.78 is 50.9. The van der Waals surface area contributed by atoms with E-state index < -0.39 is 11.7 Å². The van der Waals surface area contributed by atoms with E-state index in [4.69, 9.17) is 9.47 Å². The van der Waals surface area contributed by atoms with Crippen molar-refractivity contribution >= 4 is 11.6 Å². The van der Waals surface area contributed by atoms with E-state index in [9.17, 15) is 18.0 Å². The van der Waals surface area contributed by atoms with Gasteiger partial charge in [0.05, 0.1) is 12.7 Å². The molecule has 1 heterocycles. The average molecular weight is 513 g/mol. The van der Waals surface area contributed by atoms with Crippen molar-refractivity contribution in [2.45, 2.75) is 33.6 Å². The highest BCUT2D eigenvalue weighted by molar-refractivity contribution is 5.94. The molecule has 0 bridgehead atoms. The highest BCUT2D eigenvalue weighted by atomic mass is 19.4. The second-order valence-electron chi connectivity index (χ2n) is 9.35. The molecule has 1 aliphatic heterocycles. The van der Waals surface area contributed by atoms with Crippen molar-refractivity contribution in [3.63, 3.8) is 0 Å². The lowest BCUT2D eigenvalue weighted by Gasteiger charge is -2.36. The average Bonchev–Trinajstić information content (AvgIpc) is 2.89. The van der Waals surface area contributed by atoms with E-state index in [-0.39, 0.29) is 12.5 Å². The monoisotopic (exact) mass is 512 g/mol. The zero-order valence-electron chi connectivity index (χ0n) is 21.5. The molecule has 0 radical (unpaired) electrons. The van der Waals surface area contributed by atoms with Gasteiger partial charge in [-0.2, -0.15) is 13.2 Å². The fourth-order valence-corrected chi connectivity index (χ4v) is 4.56. The minimum absolute atomic E-state index is 0.129. The smallest absolute Gasteiger partial charge is 0.416 e. The number of carbonyl (C=O) groups excluding carboxylic acids is 1. The number of ether oxygens (including phenoxy) is 2. The third-order valence-electron chi connectivity index (χ3n) is 6.78. The number of amides is 1. The summed E-state index contributed by atoms with van der Waals surface area (Å²) in [5.74, 6) is 1.30. The van der Waals surface area contributed by atoms with Crippen LogP contribution >= 0.6 is 0 Å². The standard InChI is InChI=1S/C29H31F3N2O3/c1-19-14-20(2)21(3)27(15-19)37-18-23-16-22(8-9-26(23)36-4)28(35)34-12-10-33(11-13-34)25-7-5-6-24(17-25)29(30,31)32/h5-9,14-17H,10-13,18H2,1-4H3. The summed E-state index contributed by atoms with van der Waals surface area (Å²) in [5, 5.41) is 0. The Kier molecular flexibility index (Phi) is 7.66. The molecular formula is C29H31F3N2O3. The molecule has 3 aromatic rings. The number of carbonyl (C=O) groups is 1. The normalized spacial score (nSPS) is 14.0. The van der Waals surface area contributed by atoms with Crippen LogP contribution in [-0.4, -0.2) is 44.1 Å². The van der Waals surface area contributed by atoms with E-state index in [2.05, 4.69) is 6.07 Å². The molecule has 0 spiro atoms. The van der Waals surface area contributed by atoms with Crippen molar-refractivity contribution in [2.75, 3.05) is 38.2 Å². The Balaban J connectivity index is 1.44. The summed E-state index contributed by atoms with van der Waals surface area (Å²) in [7, 11) is 1.58. The first-order valence-corrected chi connectivity index (χ1v) is 12.2. The first-order chi connectivity index (χ1) is 17.6. The maximum Gasteiger partial charge on any atom is 0.416 e. The minimum atomic E-state index is -4.39. The van der Waals surface area contributed by atoms with Gasteiger partial charge >= 0.3 is 6.18 Å². The van der Waals surface area contributed by atoms with Crippen LogP contribution in [0.4, 0.5) is 18.9 Å². The quantitative estimate of drug-likeness (QED) is 0.396. The zero-order chi connectivity index (χ0) is 26.7. The number of halogens is 3. The van der Waals surface area contributed by atoms with Crippen LogP contribution in [0.25, 0.3) is 0 Å². The summed E-state index contributed by atoms with van der Waals surface area (Å²) >= 11 is 0. The van der Waals surface area contributed by atoms with Crippen LogP contribution in [0.1, 0.15) is 38.2 Å². The molecule has 1 fully saturated rings. The Hall–Kier alpha value is -3.68. The van der Waals surface area contributed by atoms with Gasteiger partial charge in [0.25, 0.3) is 5.91 Å². The van der Waals surface area contributed by atoms with Crippen LogP contribution < -0.4 is 14.4 Å². The van der Waals surface area contributed by atoms with Gasteiger partial charge in [0.2, 0.25) is 0 Å². The molecule has 0 N–H and O–H groups in total. The summed E-state index contributed by atoms with van der Waals surface area (Å²) in [6.45, 7) is 8.05. The molecule has 0 atom stereocenters. The summed E-state index contributed by atoms with van der Waals surface area (Å²) in [5.41, 5.74) is 4.43. The third-order valence-corrected chi connectivity index (χ3v) is 6.78. The van der Waals surface area contributed by atoms with Gasteiger partial charge in [0.15, 0.2) is 0 Å². The van der Waals surface area contributed by atoms with Gasteiger partial charge in [0.1, 0.15) is 18.1 Å². The number of alkyl halides is 3. The SMILES string of the molecule is COc1ccc(C(=O)N2CCN(c3cccc(C(F)(F)F)c3)CC2)cc1COc1cc(C)cc(C)c1C. The number of aryl methyl sites for hydroxylation is 2. The number of anilines is 1. The number of hydrogen-bond donors (Lipinski definition) is 0. The van der Waals surface area contributed by atoms with Crippen molar-refractivity contribution in [3.05, 3.63) is 88.0 Å². The molecule has 0 aliphatic carbocycles. The summed E-state index contributed by atoms with van der Waals surface area (Å²) in [6, 6.07) is 14.7. The molecule has 4 rings (SSSR count). The number of piperazine rings is 1. The van der Waals surface area contributed by atoms with Crippen LogP contribution in [0, 0.1) is 20.8 Å². The molecule has 0 unspecified atom stereocenters. The van der Waals surface area contributed by atoms with Gasteiger partial charge in [0, 0.05) is 43.0 Å². The van der Waals surface area contributed by atoms with E-state index in [0.717, 1.165) is 40.1 Å². The Morgan fingerprint density at radius 1 is 0.919 bits per heavy atom. The molecule has 37 heavy (non-hydrogen) atoms. The fourth-order valence-electron chi connectivity index (χ4n) is 4.56. The number of nitrogens with zero attached hydrogens (tertiary/aromatic N) is 2. The lowest BCUT2D eigenvalue weighted by Crippen LogP contribution is -2.48. The van der Waals surface area contributed by atoms with E-state index in [1.807, 2.05) is 31.7 Å². The van der Waals surface area contributed by atoms with Crippen molar-refractivity contribution in [3.8, 4) is 11.5 Å². The van der Waals surface area contributed by atoms with Crippen molar-refractivity contribution in [1.29, 1.82) is 0 Å². The van der Waals surface area contributed by atoms with Crippen LogP contribution in [0.15, 0.2) is 54.6 Å². The maximum atomic E-state index is 13.3. The second kappa shape index (κ2) is 10.7. The topological polar surface area (TPSA) is 42.0 Å². The van der Waals surface area contributed by atoms with Crippen LogP contribution in [0.2, 0.25) is 0 Å². The molecular weight excluding hydrogens is 481 g/mol. The van der Waals surface area contributed by atoms with E-state index >= 15 is 0 Å². The Morgan fingerprint density at radius 3 is 2.32 bits per heavy atom. The van der Waals surface area contributed by atoms with Crippen LogP contribution in [0.5, 0.6) is 11.5 Å². The van der Waals surface area contributed by atoms with Gasteiger partial charge in [-0.3, -0.25) is 4.79 Å². The van der Waals surface area contributed by atoms with Gasteiger partial charge in [-0.15, -0.1) is 0 Å². The largest absolute Gasteiger partial charge is 0.496 e. The fraction of sp³-hybridized carbons (Fsp3) is 0.345. The van der Waals surface area contributed by atoms with Crippen LogP contribution in [0.3, 0.4) is 0 Å². The number of rotatable bonds is 6. The minimum Gasteiger partial charge on any atom is -0.496 e. The van der Waals surface area contributed by atoms with E-state index in [0.29, 0.717) is 43.2 Å². The Bertz CT molecular complexity index is 1280. The summed E-state index contributed by atoms with van der Waals surface area (Å²) in [4.78, 5) is 16.9. The lowest BCUT2D eigenvalue weighted by molar-refractivity contribution is -0.137. The molecule has 1 amide bonds. The number of methoxy groups -OCH3 is 1. The predicted octanol–water partition coefficient (Wildman–Crippen LogP) is 6.18.